The summed E-state index contributed by atoms with van der Waals surface area (Å²) in [5.74, 6) is 0.756. The predicted octanol–water partition coefficient (Wildman–Crippen LogP) is 3.77. The molecular weight excluding hydrogens is 212 g/mol. The van der Waals surface area contributed by atoms with Crippen LogP contribution >= 0.6 is 0 Å². The Hall–Kier alpha value is -0.0800. The summed E-state index contributed by atoms with van der Waals surface area (Å²) < 4.78 is 5.58. The quantitative estimate of drug-likeness (QED) is 0.795. The molecule has 2 nitrogen and oxygen atoms in total. The van der Waals surface area contributed by atoms with Gasteiger partial charge in [0.15, 0.2) is 0 Å². The van der Waals surface area contributed by atoms with Crippen LogP contribution in [0, 0.1) is 11.3 Å². The molecule has 1 N–H and O–H groups in total. The monoisotopic (exact) mass is 242 g/mol. The molecule has 0 aromatic heterocycles. The molecule has 0 aromatic carbocycles. The number of hydrogen-bond acceptors (Lipinski definition) is 2. The van der Waals surface area contributed by atoms with Crippen molar-refractivity contribution in [2.24, 2.45) is 11.3 Å². The molecule has 0 unspecified atom stereocenters. The fourth-order valence-electron chi connectivity index (χ4n) is 2.69. The summed E-state index contributed by atoms with van der Waals surface area (Å²) in [6.45, 7) is 11.5. The van der Waals surface area contributed by atoms with Crippen molar-refractivity contribution >= 4 is 0 Å². The molecule has 0 spiro atoms. The average molecular weight is 242 g/mol. The van der Waals surface area contributed by atoms with Crippen molar-refractivity contribution in [3.63, 3.8) is 0 Å². The normalized spacial score (nSPS) is 30.9. The van der Waals surface area contributed by atoms with Gasteiger partial charge in [0.05, 0.1) is 18.3 Å². The Bertz CT molecular complexity index is 225. The zero-order valence-electron chi connectivity index (χ0n) is 12.3. The SMILES string of the molecule is CCC(C)(C)C1CCC(O)(COC(C)C)CC1. The van der Waals surface area contributed by atoms with Gasteiger partial charge in [0.2, 0.25) is 0 Å². The summed E-state index contributed by atoms with van der Waals surface area (Å²) in [5, 5.41) is 10.5. The molecule has 1 fully saturated rings. The zero-order chi connectivity index (χ0) is 13.1. The van der Waals surface area contributed by atoms with Crippen LogP contribution in [-0.4, -0.2) is 23.4 Å². The Balaban J connectivity index is 2.44. The second-order valence-corrected chi connectivity index (χ2v) is 6.70. The lowest BCUT2D eigenvalue weighted by Gasteiger charge is -2.42. The van der Waals surface area contributed by atoms with E-state index in [1.807, 2.05) is 13.8 Å². The van der Waals surface area contributed by atoms with Crippen LogP contribution in [0.15, 0.2) is 0 Å². The first-order chi connectivity index (χ1) is 7.79. The summed E-state index contributed by atoms with van der Waals surface area (Å²) in [5.41, 5.74) is -0.148. The Labute approximate surface area is 107 Å². The van der Waals surface area contributed by atoms with E-state index in [4.69, 9.17) is 4.74 Å². The maximum Gasteiger partial charge on any atom is 0.0880 e. The highest BCUT2D eigenvalue weighted by atomic mass is 16.5. The van der Waals surface area contributed by atoms with Gasteiger partial charge < -0.3 is 9.84 Å². The first kappa shape index (κ1) is 15.0. The minimum Gasteiger partial charge on any atom is -0.387 e. The van der Waals surface area contributed by atoms with E-state index in [2.05, 4.69) is 20.8 Å². The van der Waals surface area contributed by atoms with Crippen LogP contribution in [-0.2, 0) is 4.74 Å². The average Bonchev–Trinajstić information content (AvgIpc) is 2.27. The van der Waals surface area contributed by atoms with Gasteiger partial charge in [-0.15, -0.1) is 0 Å². The van der Waals surface area contributed by atoms with Gasteiger partial charge in [-0.1, -0.05) is 27.2 Å². The van der Waals surface area contributed by atoms with Gasteiger partial charge >= 0.3 is 0 Å². The lowest BCUT2D eigenvalue weighted by Crippen LogP contribution is -2.42. The predicted molar refractivity (Wildman–Crippen MR) is 72.1 cm³/mol. The minimum absolute atomic E-state index is 0.212. The van der Waals surface area contributed by atoms with E-state index < -0.39 is 5.60 Å². The number of rotatable bonds is 5. The van der Waals surface area contributed by atoms with Crippen LogP contribution in [0.3, 0.4) is 0 Å². The van der Waals surface area contributed by atoms with E-state index in [1.54, 1.807) is 0 Å². The van der Waals surface area contributed by atoms with Gasteiger partial charge in [0.1, 0.15) is 0 Å². The maximum atomic E-state index is 10.5. The first-order valence-electron chi connectivity index (χ1n) is 7.13. The molecule has 0 aliphatic heterocycles. The van der Waals surface area contributed by atoms with Gasteiger partial charge in [-0.2, -0.15) is 0 Å². The number of ether oxygens (including phenoxy) is 1. The van der Waals surface area contributed by atoms with Crippen molar-refractivity contribution in [1.29, 1.82) is 0 Å². The molecule has 0 bridgehead atoms. The van der Waals surface area contributed by atoms with Crippen LogP contribution in [0.5, 0.6) is 0 Å². The largest absolute Gasteiger partial charge is 0.387 e. The topological polar surface area (TPSA) is 29.5 Å². The Morgan fingerprint density at radius 2 is 1.82 bits per heavy atom. The lowest BCUT2D eigenvalue weighted by molar-refractivity contribution is -0.0974. The fraction of sp³-hybridized carbons (Fsp3) is 1.00. The Morgan fingerprint density at radius 1 is 1.29 bits per heavy atom. The highest BCUT2D eigenvalue weighted by Crippen LogP contribution is 2.43. The molecule has 0 heterocycles. The van der Waals surface area contributed by atoms with Gasteiger partial charge in [-0.05, 0) is 50.9 Å². The Morgan fingerprint density at radius 3 is 2.24 bits per heavy atom. The van der Waals surface area contributed by atoms with E-state index in [0.29, 0.717) is 12.0 Å². The molecule has 1 aliphatic carbocycles. The van der Waals surface area contributed by atoms with Crippen LogP contribution in [0.2, 0.25) is 0 Å². The van der Waals surface area contributed by atoms with Crippen molar-refractivity contribution < 1.29 is 9.84 Å². The zero-order valence-corrected chi connectivity index (χ0v) is 12.3. The standard InChI is InChI=1S/C15H30O2/c1-6-14(4,5)13-7-9-15(16,10-8-13)11-17-12(2)3/h12-13,16H,6-11H2,1-5H3. The number of hydrogen-bond donors (Lipinski definition) is 1. The molecule has 2 heteroatoms. The van der Waals surface area contributed by atoms with Gasteiger partial charge in [-0.25, -0.2) is 0 Å². The first-order valence-corrected chi connectivity index (χ1v) is 7.13. The van der Waals surface area contributed by atoms with Crippen LogP contribution in [0.25, 0.3) is 0 Å². The maximum absolute atomic E-state index is 10.5. The van der Waals surface area contributed by atoms with E-state index in [0.717, 1.165) is 31.6 Å². The van der Waals surface area contributed by atoms with Crippen molar-refractivity contribution in [2.45, 2.75) is 78.4 Å². The third kappa shape index (κ3) is 4.26. The second kappa shape index (κ2) is 5.71. The van der Waals surface area contributed by atoms with Crippen molar-refractivity contribution in [3.8, 4) is 0 Å². The van der Waals surface area contributed by atoms with Crippen molar-refractivity contribution in [2.75, 3.05) is 6.61 Å². The molecule has 0 aromatic rings. The second-order valence-electron chi connectivity index (χ2n) is 6.70. The summed E-state index contributed by atoms with van der Waals surface area (Å²) >= 11 is 0. The molecule has 1 rings (SSSR count). The molecule has 0 atom stereocenters. The van der Waals surface area contributed by atoms with Gasteiger partial charge in [-0.3, -0.25) is 0 Å². The van der Waals surface area contributed by atoms with Gasteiger partial charge in [0, 0.05) is 0 Å². The van der Waals surface area contributed by atoms with E-state index in [1.165, 1.54) is 6.42 Å². The van der Waals surface area contributed by atoms with Crippen LogP contribution in [0.1, 0.15) is 66.7 Å². The molecule has 1 saturated carbocycles. The molecular formula is C15H30O2. The van der Waals surface area contributed by atoms with Crippen molar-refractivity contribution in [1.82, 2.24) is 0 Å². The van der Waals surface area contributed by atoms with Crippen molar-refractivity contribution in [3.05, 3.63) is 0 Å². The minimum atomic E-state index is -0.565. The third-order valence-corrected chi connectivity index (χ3v) is 4.62. The molecule has 0 radical (unpaired) electrons. The number of aliphatic hydroxyl groups is 1. The summed E-state index contributed by atoms with van der Waals surface area (Å²) in [4.78, 5) is 0. The molecule has 0 amide bonds. The van der Waals surface area contributed by atoms with Gasteiger partial charge in [0.25, 0.3) is 0 Å². The molecule has 0 saturated heterocycles. The van der Waals surface area contributed by atoms with E-state index in [9.17, 15) is 5.11 Å². The highest BCUT2D eigenvalue weighted by molar-refractivity contribution is 4.90. The van der Waals surface area contributed by atoms with E-state index in [-0.39, 0.29) is 6.10 Å². The smallest absolute Gasteiger partial charge is 0.0880 e. The highest BCUT2D eigenvalue weighted by Gasteiger charge is 2.38. The third-order valence-electron chi connectivity index (χ3n) is 4.62. The Kier molecular flexibility index (Phi) is 5.03. The van der Waals surface area contributed by atoms with Crippen LogP contribution < -0.4 is 0 Å². The van der Waals surface area contributed by atoms with Crippen LogP contribution in [0.4, 0.5) is 0 Å². The molecule has 102 valence electrons. The lowest BCUT2D eigenvalue weighted by atomic mass is 9.66. The van der Waals surface area contributed by atoms with E-state index >= 15 is 0 Å². The summed E-state index contributed by atoms with van der Waals surface area (Å²) in [7, 11) is 0. The molecule has 1 aliphatic rings. The fourth-order valence-corrected chi connectivity index (χ4v) is 2.69. The summed E-state index contributed by atoms with van der Waals surface area (Å²) in [6, 6.07) is 0. The molecule has 17 heavy (non-hydrogen) atoms. The summed E-state index contributed by atoms with van der Waals surface area (Å²) in [6.07, 6.45) is 5.50.